The Morgan fingerprint density at radius 2 is 1.90 bits per heavy atom. The average Bonchev–Trinajstić information content (AvgIpc) is 2.59. The van der Waals surface area contributed by atoms with Gasteiger partial charge in [0.15, 0.2) is 0 Å². The summed E-state index contributed by atoms with van der Waals surface area (Å²) >= 11 is 3.36. The number of hydrogen-bond donors (Lipinski definition) is 0. The van der Waals surface area contributed by atoms with Crippen molar-refractivity contribution in [3.63, 3.8) is 0 Å². The van der Waals surface area contributed by atoms with Crippen LogP contribution in [0, 0.1) is 23.5 Å². The zero-order chi connectivity index (χ0) is 15.0. The fourth-order valence-corrected chi connectivity index (χ4v) is 3.14. The van der Waals surface area contributed by atoms with Crippen LogP contribution in [0.4, 0.5) is 14.5 Å². The fourth-order valence-electron chi connectivity index (χ4n) is 2.19. The Hall–Kier alpha value is -1.30. The van der Waals surface area contributed by atoms with Crippen molar-refractivity contribution in [1.29, 1.82) is 0 Å². The predicted octanol–water partition coefficient (Wildman–Crippen LogP) is 3.16. The maximum Gasteiger partial charge on any atom is 0.299 e. The van der Waals surface area contributed by atoms with Crippen LogP contribution in [0.5, 0.6) is 0 Å². The van der Waals surface area contributed by atoms with Crippen LogP contribution in [0.3, 0.4) is 0 Å². The van der Waals surface area contributed by atoms with E-state index >= 15 is 0 Å². The van der Waals surface area contributed by atoms with Crippen molar-refractivity contribution in [2.75, 3.05) is 16.8 Å². The normalized spacial score (nSPS) is 16.0. The molecule has 0 saturated heterocycles. The van der Waals surface area contributed by atoms with Gasteiger partial charge in [-0.05, 0) is 17.9 Å². The SMILES string of the molecule is CC(C)C(CBr)CN1C(=O)C(=O)c2c(F)cc(F)cc21. The molecule has 1 aliphatic rings. The molecule has 1 unspecified atom stereocenters. The standard InChI is InChI=1S/C14H14BrF2NO2/c1-7(2)8(5-15)6-18-11-4-9(16)3-10(17)12(11)13(19)14(18)20/h3-4,7-8H,5-6H2,1-2H3. The number of anilines is 1. The summed E-state index contributed by atoms with van der Waals surface area (Å²) in [7, 11) is 0. The van der Waals surface area contributed by atoms with Gasteiger partial charge in [0.05, 0.1) is 11.3 Å². The molecule has 1 atom stereocenters. The Kier molecular flexibility index (Phi) is 4.22. The third-order valence-corrected chi connectivity index (χ3v) is 4.38. The summed E-state index contributed by atoms with van der Waals surface area (Å²) in [6.45, 7) is 4.23. The molecule has 6 heteroatoms. The Morgan fingerprint density at radius 3 is 2.45 bits per heavy atom. The molecule has 0 aliphatic carbocycles. The molecule has 2 rings (SSSR count). The summed E-state index contributed by atoms with van der Waals surface area (Å²) in [5, 5.41) is 0.635. The monoisotopic (exact) mass is 345 g/mol. The number of halogens is 3. The zero-order valence-corrected chi connectivity index (χ0v) is 12.7. The van der Waals surface area contributed by atoms with Gasteiger partial charge in [0.25, 0.3) is 11.7 Å². The third-order valence-electron chi connectivity index (χ3n) is 3.55. The summed E-state index contributed by atoms with van der Waals surface area (Å²) in [5.41, 5.74) is -0.294. The first-order valence-electron chi connectivity index (χ1n) is 6.28. The highest BCUT2D eigenvalue weighted by atomic mass is 79.9. The number of alkyl halides is 1. The van der Waals surface area contributed by atoms with Crippen molar-refractivity contribution in [3.8, 4) is 0 Å². The van der Waals surface area contributed by atoms with Gasteiger partial charge in [-0.25, -0.2) is 8.78 Å². The number of rotatable bonds is 4. The van der Waals surface area contributed by atoms with Crippen LogP contribution in [0.1, 0.15) is 24.2 Å². The maximum atomic E-state index is 13.7. The Balaban J connectivity index is 2.43. The van der Waals surface area contributed by atoms with E-state index in [9.17, 15) is 18.4 Å². The number of nitrogens with zero attached hydrogens (tertiary/aromatic N) is 1. The van der Waals surface area contributed by atoms with Crippen molar-refractivity contribution < 1.29 is 18.4 Å². The first kappa shape index (κ1) is 15.1. The topological polar surface area (TPSA) is 37.4 Å². The van der Waals surface area contributed by atoms with Crippen LogP contribution >= 0.6 is 15.9 Å². The second-order valence-electron chi connectivity index (χ2n) is 5.19. The van der Waals surface area contributed by atoms with Crippen LogP contribution in [0.15, 0.2) is 12.1 Å². The first-order chi connectivity index (χ1) is 9.36. The van der Waals surface area contributed by atoms with Gasteiger partial charge in [-0.15, -0.1) is 0 Å². The van der Waals surface area contributed by atoms with E-state index in [0.29, 0.717) is 11.4 Å². The van der Waals surface area contributed by atoms with Crippen LogP contribution < -0.4 is 4.90 Å². The van der Waals surface area contributed by atoms with Gasteiger partial charge < -0.3 is 4.90 Å². The first-order valence-corrected chi connectivity index (χ1v) is 7.40. The number of Topliss-reactive ketones (excluding diaryl/α,β-unsaturated/α-hetero) is 1. The van der Waals surface area contributed by atoms with Gasteiger partial charge >= 0.3 is 0 Å². The summed E-state index contributed by atoms with van der Waals surface area (Å²) in [5.74, 6) is -3.14. The molecule has 1 heterocycles. The minimum absolute atomic E-state index is 0.0316. The van der Waals surface area contributed by atoms with Gasteiger partial charge in [0, 0.05) is 17.9 Å². The number of carbonyl (C=O) groups excluding carboxylic acids is 2. The quantitative estimate of drug-likeness (QED) is 0.620. The second-order valence-corrected chi connectivity index (χ2v) is 5.83. The van der Waals surface area contributed by atoms with Crippen LogP contribution in [0.25, 0.3) is 0 Å². The number of hydrogen-bond acceptors (Lipinski definition) is 2. The van der Waals surface area contributed by atoms with E-state index in [-0.39, 0.29) is 29.6 Å². The van der Waals surface area contributed by atoms with Gasteiger partial charge in [-0.2, -0.15) is 0 Å². The summed E-state index contributed by atoms with van der Waals surface area (Å²) in [6.07, 6.45) is 0. The molecule has 1 aliphatic heterocycles. The second kappa shape index (κ2) is 5.60. The lowest BCUT2D eigenvalue weighted by molar-refractivity contribution is -0.114. The molecule has 0 aromatic heterocycles. The maximum absolute atomic E-state index is 13.7. The summed E-state index contributed by atoms with van der Waals surface area (Å²) in [6, 6.07) is 1.66. The van der Waals surface area contributed by atoms with Gasteiger partial charge in [0.1, 0.15) is 11.6 Å². The molecule has 108 valence electrons. The third kappa shape index (κ3) is 2.49. The summed E-state index contributed by atoms with van der Waals surface area (Å²) in [4.78, 5) is 25.0. The molecule has 0 N–H and O–H groups in total. The van der Waals surface area contributed by atoms with E-state index in [1.807, 2.05) is 13.8 Å². The molecule has 1 aromatic carbocycles. The van der Waals surface area contributed by atoms with Gasteiger partial charge in [-0.1, -0.05) is 29.8 Å². The molecule has 20 heavy (non-hydrogen) atoms. The number of carbonyl (C=O) groups is 2. The number of ketones is 1. The largest absolute Gasteiger partial charge is 0.304 e. The van der Waals surface area contributed by atoms with Crippen molar-refractivity contribution in [2.24, 2.45) is 11.8 Å². The molecule has 0 radical (unpaired) electrons. The molecule has 0 saturated carbocycles. The molecule has 0 bridgehead atoms. The van der Waals surface area contributed by atoms with Crippen LogP contribution in [-0.4, -0.2) is 23.6 Å². The lowest BCUT2D eigenvalue weighted by atomic mass is 9.97. The number of benzene rings is 1. The lowest BCUT2D eigenvalue weighted by Gasteiger charge is -2.25. The Bertz CT molecular complexity index is 575. The van der Waals surface area contributed by atoms with Crippen molar-refractivity contribution in [2.45, 2.75) is 13.8 Å². The van der Waals surface area contributed by atoms with Crippen LogP contribution in [0.2, 0.25) is 0 Å². The van der Waals surface area contributed by atoms with E-state index in [1.54, 1.807) is 0 Å². The van der Waals surface area contributed by atoms with Crippen molar-refractivity contribution >= 4 is 33.3 Å². The highest BCUT2D eigenvalue weighted by Gasteiger charge is 2.39. The smallest absolute Gasteiger partial charge is 0.299 e. The molecule has 3 nitrogen and oxygen atoms in total. The zero-order valence-electron chi connectivity index (χ0n) is 11.1. The summed E-state index contributed by atoms with van der Waals surface area (Å²) < 4.78 is 27.0. The molecular weight excluding hydrogens is 332 g/mol. The molecule has 0 spiro atoms. The van der Waals surface area contributed by atoms with Gasteiger partial charge in [0.2, 0.25) is 0 Å². The average molecular weight is 346 g/mol. The highest BCUT2D eigenvalue weighted by molar-refractivity contribution is 9.09. The molecule has 1 amide bonds. The predicted molar refractivity (Wildman–Crippen MR) is 75.2 cm³/mol. The molecule has 1 aromatic rings. The Labute approximate surface area is 124 Å². The fraction of sp³-hybridized carbons (Fsp3) is 0.429. The number of amides is 1. The minimum Gasteiger partial charge on any atom is -0.304 e. The van der Waals surface area contributed by atoms with E-state index in [2.05, 4.69) is 15.9 Å². The van der Waals surface area contributed by atoms with Crippen molar-refractivity contribution in [1.82, 2.24) is 0 Å². The van der Waals surface area contributed by atoms with Crippen molar-refractivity contribution in [3.05, 3.63) is 29.3 Å². The van der Waals surface area contributed by atoms with E-state index in [4.69, 9.17) is 0 Å². The van der Waals surface area contributed by atoms with E-state index < -0.39 is 23.3 Å². The van der Waals surface area contributed by atoms with Gasteiger partial charge in [-0.3, -0.25) is 9.59 Å². The van der Waals surface area contributed by atoms with Crippen LogP contribution in [-0.2, 0) is 4.79 Å². The van der Waals surface area contributed by atoms with E-state index in [1.165, 1.54) is 4.90 Å². The minimum atomic E-state index is -0.985. The Morgan fingerprint density at radius 1 is 1.25 bits per heavy atom. The highest BCUT2D eigenvalue weighted by Crippen LogP contribution is 2.33. The molecular formula is C14H14BrF2NO2. The molecule has 0 fully saturated rings. The van der Waals surface area contributed by atoms with E-state index in [0.717, 1.165) is 6.07 Å². The lowest BCUT2D eigenvalue weighted by Crippen LogP contribution is -2.36. The number of fused-ring (bicyclic) bond motifs is 1.